The molecule has 6 heteroatoms. The molecule has 0 aliphatic rings. The van der Waals surface area contributed by atoms with E-state index in [4.69, 9.17) is 29.6 Å². The lowest BCUT2D eigenvalue weighted by Crippen LogP contribution is -2.38. The number of benzene rings is 1. The van der Waals surface area contributed by atoms with Gasteiger partial charge in [-0.1, -0.05) is 30.7 Å². The van der Waals surface area contributed by atoms with Gasteiger partial charge in [-0.05, 0) is 25.1 Å². The van der Waals surface area contributed by atoms with Gasteiger partial charge in [0.25, 0.3) is 5.91 Å². The summed E-state index contributed by atoms with van der Waals surface area (Å²) in [6, 6.07) is 4.00. The topological polar surface area (TPSA) is 46.3 Å². The molecule has 3 nitrogen and oxygen atoms in total. The first-order valence-electron chi connectivity index (χ1n) is 5.90. The van der Waals surface area contributed by atoms with Gasteiger partial charge in [-0.2, -0.15) is 0 Å². The summed E-state index contributed by atoms with van der Waals surface area (Å²) in [5, 5.41) is 0.258. The molecule has 0 bridgehead atoms. The van der Waals surface area contributed by atoms with Crippen LogP contribution in [0.2, 0.25) is 5.02 Å². The van der Waals surface area contributed by atoms with E-state index in [1.165, 1.54) is 17.0 Å². The first-order valence-corrected chi connectivity index (χ1v) is 6.69. The second-order valence-corrected chi connectivity index (χ2v) is 5.18. The van der Waals surface area contributed by atoms with Crippen molar-refractivity contribution in [3.05, 3.63) is 34.6 Å². The Morgan fingerprint density at radius 2 is 2.21 bits per heavy atom. The van der Waals surface area contributed by atoms with Crippen molar-refractivity contribution >= 4 is 34.7 Å². The summed E-state index contributed by atoms with van der Waals surface area (Å²) in [6.45, 7) is 4.47. The van der Waals surface area contributed by atoms with E-state index in [0.29, 0.717) is 18.1 Å². The van der Waals surface area contributed by atoms with Crippen LogP contribution in [0, 0.1) is 11.7 Å². The van der Waals surface area contributed by atoms with Crippen LogP contribution in [0.15, 0.2) is 18.2 Å². The fraction of sp³-hybridized carbons (Fsp3) is 0.385. The minimum absolute atomic E-state index is 0.00129. The Bertz CT molecular complexity index is 496. The molecule has 1 unspecified atom stereocenters. The van der Waals surface area contributed by atoms with Crippen molar-refractivity contribution in [3.8, 4) is 0 Å². The molecule has 1 atom stereocenters. The van der Waals surface area contributed by atoms with Crippen molar-refractivity contribution in [2.45, 2.75) is 13.8 Å². The number of nitrogens with two attached hydrogens (primary N) is 1. The highest BCUT2D eigenvalue weighted by atomic mass is 35.5. The van der Waals surface area contributed by atoms with Crippen LogP contribution in [0.3, 0.4) is 0 Å². The van der Waals surface area contributed by atoms with Gasteiger partial charge >= 0.3 is 0 Å². The standard InChI is InChI=1S/C13H16ClFN2OS/c1-3-17(7-8(2)12(16)19)13(18)10-5-4-9(14)6-11(10)15/h4-6,8H,3,7H2,1-2H3,(H2,16,19). The van der Waals surface area contributed by atoms with Crippen molar-refractivity contribution in [3.63, 3.8) is 0 Å². The van der Waals surface area contributed by atoms with Crippen molar-refractivity contribution < 1.29 is 9.18 Å². The molecule has 0 saturated heterocycles. The lowest BCUT2D eigenvalue weighted by atomic mass is 10.1. The smallest absolute Gasteiger partial charge is 0.256 e. The highest BCUT2D eigenvalue weighted by Gasteiger charge is 2.20. The van der Waals surface area contributed by atoms with Gasteiger partial charge in [0.15, 0.2) is 0 Å². The molecule has 0 aliphatic carbocycles. The molecular weight excluding hydrogens is 287 g/mol. The lowest BCUT2D eigenvalue weighted by Gasteiger charge is -2.24. The van der Waals surface area contributed by atoms with Gasteiger partial charge in [0.05, 0.1) is 10.6 Å². The Balaban J connectivity index is 2.92. The Labute approximate surface area is 122 Å². The van der Waals surface area contributed by atoms with Gasteiger partial charge in [-0.25, -0.2) is 4.39 Å². The van der Waals surface area contributed by atoms with Crippen LogP contribution in [0.5, 0.6) is 0 Å². The fourth-order valence-corrected chi connectivity index (χ4v) is 1.84. The molecule has 1 aromatic rings. The number of rotatable bonds is 5. The van der Waals surface area contributed by atoms with Gasteiger partial charge in [0, 0.05) is 24.0 Å². The third-order valence-corrected chi connectivity index (χ3v) is 3.45. The summed E-state index contributed by atoms with van der Waals surface area (Å²) in [6.07, 6.45) is 0. The van der Waals surface area contributed by atoms with Gasteiger partial charge < -0.3 is 10.6 Å². The number of hydrogen-bond donors (Lipinski definition) is 1. The zero-order valence-electron chi connectivity index (χ0n) is 10.8. The fourth-order valence-electron chi connectivity index (χ4n) is 1.61. The van der Waals surface area contributed by atoms with E-state index < -0.39 is 5.82 Å². The van der Waals surface area contributed by atoms with Crippen LogP contribution < -0.4 is 5.73 Å². The quantitative estimate of drug-likeness (QED) is 0.851. The molecule has 2 N–H and O–H groups in total. The van der Waals surface area contributed by atoms with Crippen molar-refractivity contribution in [2.24, 2.45) is 11.7 Å². The van der Waals surface area contributed by atoms with E-state index in [9.17, 15) is 9.18 Å². The second kappa shape index (κ2) is 6.82. The predicted molar refractivity (Wildman–Crippen MR) is 78.9 cm³/mol. The summed E-state index contributed by atoms with van der Waals surface area (Å²) in [5.74, 6) is -1.13. The number of amides is 1. The minimum atomic E-state index is -0.626. The van der Waals surface area contributed by atoms with Gasteiger partial charge in [-0.3, -0.25) is 4.79 Å². The third kappa shape index (κ3) is 4.14. The highest BCUT2D eigenvalue weighted by molar-refractivity contribution is 7.80. The molecule has 19 heavy (non-hydrogen) atoms. The Morgan fingerprint density at radius 3 is 2.68 bits per heavy atom. The molecule has 0 aromatic heterocycles. The molecule has 0 aliphatic heterocycles. The van der Waals surface area contributed by atoms with Crippen LogP contribution in [0.4, 0.5) is 4.39 Å². The van der Waals surface area contributed by atoms with E-state index in [1.807, 2.05) is 13.8 Å². The molecule has 104 valence electrons. The summed E-state index contributed by atoms with van der Waals surface area (Å²) < 4.78 is 13.7. The summed E-state index contributed by atoms with van der Waals surface area (Å²) >= 11 is 10.5. The SMILES string of the molecule is CCN(CC(C)C(N)=S)C(=O)c1ccc(Cl)cc1F. The summed E-state index contributed by atoms with van der Waals surface area (Å²) in [4.78, 5) is 14.1. The number of hydrogen-bond acceptors (Lipinski definition) is 2. The van der Waals surface area contributed by atoms with Gasteiger partial charge in [0.1, 0.15) is 5.82 Å². The normalized spacial score (nSPS) is 12.0. The molecule has 0 fully saturated rings. The van der Waals surface area contributed by atoms with Crippen molar-refractivity contribution in [2.75, 3.05) is 13.1 Å². The second-order valence-electron chi connectivity index (χ2n) is 4.27. The largest absolute Gasteiger partial charge is 0.393 e. The molecular formula is C13H16ClFN2OS. The average Bonchev–Trinajstić information content (AvgIpc) is 2.34. The van der Waals surface area contributed by atoms with E-state index in [0.717, 1.165) is 6.07 Å². The van der Waals surface area contributed by atoms with E-state index in [2.05, 4.69) is 0 Å². The Kier molecular flexibility index (Phi) is 5.69. The third-order valence-electron chi connectivity index (χ3n) is 2.81. The maximum atomic E-state index is 13.7. The maximum Gasteiger partial charge on any atom is 0.256 e. The zero-order chi connectivity index (χ0) is 14.6. The van der Waals surface area contributed by atoms with Crippen LogP contribution in [-0.2, 0) is 0 Å². The Morgan fingerprint density at radius 1 is 1.58 bits per heavy atom. The zero-order valence-corrected chi connectivity index (χ0v) is 12.4. The summed E-state index contributed by atoms with van der Waals surface area (Å²) in [5.41, 5.74) is 5.53. The number of carbonyl (C=O) groups excluding carboxylic acids is 1. The number of nitrogens with zero attached hydrogens (tertiary/aromatic N) is 1. The number of carbonyl (C=O) groups is 1. The first-order chi connectivity index (χ1) is 8.86. The van der Waals surface area contributed by atoms with E-state index in [-0.39, 0.29) is 22.4 Å². The van der Waals surface area contributed by atoms with Crippen LogP contribution in [0.1, 0.15) is 24.2 Å². The monoisotopic (exact) mass is 302 g/mol. The average molecular weight is 303 g/mol. The van der Waals surface area contributed by atoms with Gasteiger partial charge in [-0.15, -0.1) is 0 Å². The minimum Gasteiger partial charge on any atom is -0.393 e. The number of thiocarbonyl (C=S) groups is 1. The lowest BCUT2D eigenvalue weighted by molar-refractivity contribution is 0.0750. The maximum absolute atomic E-state index is 13.7. The Hall–Kier alpha value is -1.20. The van der Waals surface area contributed by atoms with Crippen LogP contribution in [0.25, 0.3) is 0 Å². The van der Waals surface area contributed by atoms with Gasteiger partial charge in [0.2, 0.25) is 0 Å². The molecule has 0 radical (unpaired) electrons. The predicted octanol–water partition coefficient (Wildman–Crippen LogP) is 2.86. The molecule has 0 saturated carbocycles. The van der Waals surface area contributed by atoms with E-state index in [1.54, 1.807) is 0 Å². The van der Waals surface area contributed by atoms with Crippen molar-refractivity contribution in [1.29, 1.82) is 0 Å². The van der Waals surface area contributed by atoms with Crippen molar-refractivity contribution in [1.82, 2.24) is 4.90 Å². The number of halogens is 2. The highest BCUT2D eigenvalue weighted by Crippen LogP contribution is 2.17. The summed E-state index contributed by atoms with van der Waals surface area (Å²) in [7, 11) is 0. The van der Waals surface area contributed by atoms with E-state index >= 15 is 0 Å². The molecule has 0 heterocycles. The molecule has 0 spiro atoms. The van der Waals surface area contributed by atoms with Crippen LogP contribution >= 0.6 is 23.8 Å². The molecule has 1 rings (SSSR count). The first kappa shape index (κ1) is 15.9. The molecule has 1 aromatic carbocycles. The molecule has 1 amide bonds. The van der Waals surface area contributed by atoms with Crippen LogP contribution in [-0.4, -0.2) is 28.9 Å².